The van der Waals surface area contributed by atoms with Crippen molar-refractivity contribution in [3.05, 3.63) is 48.6 Å². The standard InChI is InChI=1S/C44H80NO8P/c1-6-8-10-12-14-16-18-20-22-24-26-28-30-32-34-42(46)38-50-40-44(41-53-54(48,49)52-37-36-45(3,4)5)51-39-43(47)35-33-31-29-27-25-23-21-19-17-15-13-11-9-7-2/h14-17,20-23,44H,6-13,18-19,24-41H2,1-5H3/p+1/b16-14-,17-15-,22-20-,23-21-/t44-/m1/s1. The largest absolute Gasteiger partial charge is 0.472 e. The third-order valence-electron chi connectivity index (χ3n) is 8.80. The van der Waals surface area contributed by atoms with Crippen LogP contribution in [0, 0.1) is 0 Å². The minimum absolute atomic E-state index is 0.00188. The molecule has 314 valence electrons. The first-order chi connectivity index (χ1) is 26.0. The number of quaternary nitrogens is 1. The van der Waals surface area contributed by atoms with Gasteiger partial charge in [0.15, 0.2) is 11.6 Å². The van der Waals surface area contributed by atoms with E-state index in [-0.39, 0.29) is 44.6 Å². The Morgan fingerprint density at radius 2 is 1.04 bits per heavy atom. The molecule has 0 radical (unpaired) electrons. The van der Waals surface area contributed by atoms with Gasteiger partial charge in [0.2, 0.25) is 0 Å². The SMILES string of the molecule is CCCCC/C=C\C/C=C\CCCCCCC(=O)COC[C@H](COP(=O)(O)OCC[N+](C)(C)C)OCC(=O)CCCCCC/C=C\C/C=C\CCCCC. The molecule has 0 aliphatic heterocycles. The van der Waals surface area contributed by atoms with Gasteiger partial charge >= 0.3 is 7.82 Å². The maximum atomic E-state index is 12.6. The summed E-state index contributed by atoms with van der Waals surface area (Å²) in [5.74, 6) is -0.0452. The molecule has 1 N–H and O–H groups in total. The second-order valence-electron chi connectivity index (χ2n) is 15.4. The minimum Gasteiger partial charge on any atom is -0.371 e. The van der Waals surface area contributed by atoms with Crippen LogP contribution < -0.4 is 0 Å². The van der Waals surface area contributed by atoms with Gasteiger partial charge in [-0.15, -0.1) is 0 Å². The van der Waals surface area contributed by atoms with E-state index in [9.17, 15) is 19.0 Å². The fourth-order valence-electron chi connectivity index (χ4n) is 5.36. The number of nitrogens with zero attached hydrogens (tertiary/aromatic N) is 1. The van der Waals surface area contributed by atoms with Crippen LogP contribution in [0.25, 0.3) is 0 Å². The molecule has 54 heavy (non-hydrogen) atoms. The predicted molar refractivity (Wildman–Crippen MR) is 225 cm³/mol. The van der Waals surface area contributed by atoms with Crippen LogP contribution >= 0.6 is 7.82 Å². The van der Waals surface area contributed by atoms with Crippen LogP contribution in [0.15, 0.2) is 48.6 Å². The fourth-order valence-corrected chi connectivity index (χ4v) is 6.10. The Bertz CT molecular complexity index is 1070. The molecule has 0 saturated heterocycles. The van der Waals surface area contributed by atoms with Gasteiger partial charge in [-0.3, -0.25) is 18.6 Å². The highest BCUT2D eigenvalue weighted by Gasteiger charge is 2.25. The first-order valence-corrected chi connectivity index (χ1v) is 22.7. The van der Waals surface area contributed by atoms with E-state index >= 15 is 0 Å². The summed E-state index contributed by atoms with van der Waals surface area (Å²) in [7, 11) is 1.53. The third-order valence-corrected chi connectivity index (χ3v) is 9.78. The highest BCUT2D eigenvalue weighted by atomic mass is 31.2. The highest BCUT2D eigenvalue weighted by Crippen LogP contribution is 2.43. The lowest BCUT2D eigenvalue weighted by Crippen LogP contribution is -2.37. The maximum Gasteiger partial charge on any atom is 0.472 e. The number of phosphoric ester groups is 1. The van der Waals surface area contributed by atoms with Crippen molar-refractivity contribution in [3.63, 3.8) is 0 Å². The molecule has 0 aliphatic carbocycles. The molecule has 9 nitrogen and oxygen atoms in total. The summed E-state index contributed by atoms with van der Waals surface area (Å²) in [6.45, 7) is 4.45. The van der Waals surface area contributed by atoms with E-state index in [2.05, 4.69) is 62.5 Å². The van der Waals surface area contributed by atoms with E-state index in [4.69, 9.17) is 18.5 Å². The van der Waals surface area contributed by atoms with Crippen LogP contribution in [-0.4, -0.2) is 87.8 Å². The van der Waals surface area contributed by atoms with Gasteiger partial charge in [0.25, 0.3) is 0 Å². The summed E-state index contributed by atoms with van der Waals surface area (Å²) >= 11 is 0. The summed E-state index contributed by atoms with van der Waals surface area (Å²) in [5, 5.41) is 0. The Labute approximate surface area is 331 Å². The van der Waals surface area contributed by atoms with Gasteiger partial charge in [-0.2, -0.15) is 0 Å². The maximum absolute atomic E-state index is 12.6. The van der Waals surface area contributed by atoms with Crippen LogP contribution in [-0.2, 0) is 32.7 Å². The second kappa shape index (κ2) is 36.9. The summed E-state index contributed by atoms with van der Waals surface area (Å²) < 4.78 is 34.8. The molecule has 0 spiro atoms. The van der Waals surface area contributed by atoms with Crippen molar-refractivity contribution in [2.75, 3.05) is 60.7 Å². The minimum atomic E-state index is -4.33. The van der Waals surface area contributed by atoms with Gasteiger partial charge in [0, 0.05) is 12.8 Å². The molecule has 0 saturated carbocycles. The molecular weight excluding hydrogens is 701 g/mol. The summed E-state index contributed by atoms with van der Waals surface area (Å²) in [6, 6.07) is 0. The van der Waals surface area contributed by atoms with Crippen molar-refractivity contribution >= 4 is 19.4 Å². The van der Waals surface area contributed by atoms with Gasteiger partial charge in [0.05, 0.1) is 34.4 Å². The highest BCUT2D eigenvalue weighted by molar-refractivity contribution is 7.47. The number of carbonyl (C=O) groups excluding carboxylic acids is 2. The first kappa shape index (κ1) is 52.3. The van der Waals surface area contributed by atoms with Crippen molar-refractivity contribution in [2.45, 2.75) is 161 Å². The molecule has 0 heterocycles. The smallest absolute Gasteiger partial charge is 0.371 e. The number of phosphoric acid groups is 1. The Morgan fingerprint density at radius 3 is 1.50 bits per heavy atom. The van der Waals surface area contributed by atoms with Crippen LogP contribution in [0.2, 0.25) is 0 Å². The van der Waals surface area contributed by atoms with Crippen molar-refractivity contribution in [1.82, 2.24) is 0 Å². The van der Waals surface area contributed by atoms with E-state index in [1.807, 2.05) is 21.1 Å². The molecule has 0 aromatic rings. The number of rotatable bonds is 40. The summed E-state index contributed by atoms with van der Waals surface area (Å²) in [4.78, 5) is 35.2. The van der Waals surface area contributed by atoms with Crippen LogP contribution in [0.4, 0.5) is 0 Å². The second-order valence-corrected chi connectivity index (χ2v) is 16.8. The van der Waals surface area contributed by atoms with E-state index in [0.29, 0.717) is 23.9 Å². The number of Topliss-reactive ketones (excluding diaryl/α,β-unsaturated/α-hetero) is 2. The molecule has 0 aliphatic rings. The molecule has 0 aromatic carbocycles. The topological polar surface area (TPSA) is 108 Å². The Balaban J connectivity index is 4.42. The van der Waals surface area contributed by atoms with Crippen molar-refractivity contribution in [3.8, 4) is 0 Å². The van der Waals surface area contributed by atoms with Gasteiger partial charge in [-0.05, 0) is 77.0 Å². The summed E-state index contributed by atoms with van der Waals surface area (Å²) in [5.41, 5.74) is 0. The zero-order valence-electron chi connectivity index (χ0n) is 35.2. The number of ketones is 2. The number of hydrogen-bond acceptors (Lipinski definition) is 7. The quantitative estimate of drug-likeness (QED) is 0.0283. The first-order valence-electron chi connectivity index (χ1n) is 21.2. The number of unbranched alkanes of at least 4 members (excludes halogenated alkanes) is 14. The summed E-state index contributed by atoms with van der Waals surface area (Å²) in [6.07, 6.45) is 40.1. The molecule has 0 aromatic heterocycles. The molecule has 0 rings (SSSR count). The van der Waals surface area contributed by atoms with Crippen LogP contribution in [0.3, 0.4) is 0 Å². The Kier molecular flexibility index (Phi) is 35.7. The van der Waals surface area contributed by atoms with E-state index in [1.165, 1.54) is 51.4 Å². The van der Waals surface area contributed by atoms with Gasteiger partial charge in [-0.1, -0.05) is 114 Å². The number of hydrogen-bond donors (Lipinski definition) is 1. The zero-order valence-corrected chi connectivity index (χ0v) is 36.1. The van der Waals surface area contributed by atoms with Crippen molar-refractivity contribution in [1.29, 1.82) is 0 Å². The number of ether oxygens (including phenoxy) is 2. The molecule has 0 fully saturated rings. The number of allylic oxidation sites excluding steroid dienone is 8. The average molecular weight is 783 g/mol. The molecule has 10 heteroatoms. The van der Waals surface area contributed by atoms with Gasteiger partial charge < -0.3 is 18.9 Å². The van der Waals surface area contributed by atoms with E-state index in [0.717, 1.165) is 77.0 Å². The predicted octanol–water partition coefficient (Wildman–Crippen LogP) is 11.2. The lowest BCUT2D eigenvalue weighted by Gasteiger charge is -2.24. The number of likely N-dealkylation sites (N-methyl/N-ethyl adjacent to an activating group) is 1. The molecule has 0 amide bonds. The molecule has 1 unspecified atom stereocenters. The number of carbonyl (C=O) groups is 2. The normalized spacial score (nSPS) is 14.3. The Hall–Kier alpha value is -1.71. The fraction of sp³-hybridized carbons (Fsp3) is 0.773. The Morgan fingerprint density at radius 1 is 0.593 bits per heavy atom. The van der Waals surface area contributed by atoms with Crippen LogP contribution in [0.5, 0.6) is 0 Å². The van der Waals surface area contributed by atoms with E-state index < -0.39 is 13.9 Å². The van der Waals surface area contributed by atoms with Gasteiger partial charge in [-0.25, -0.2) is 4.57 Å². The molecule has 2 atom stereocenters. The van der Waals surface area contributed by atoms with Gasteiger partial charge in [0.1, 0.15) is 32.5 Å². The monoisotopic (exact) mass is 783 g/mol. The molecule has 0 bridgehead atoms. The van der Waals surface area contributed by atoms with Crippen molar-refractivity contribution < 1.29 is 42.1 Å². The third kappa shape index (κ3) is 40.0. The zero-order chi connectivity index (χ0) is 40.0. The lowest BCUT2D eigenvalue weighted by atomic mass is 10.1. The van der Waals surface area contributed by atoms with Crippen molar-refractivity contribution in [2.24, 2.45) is 0 Å². The van der Waals surface area contributed by atoms with E-state index in [1.54, 1.807) is 0 Å². The lowest BCUT2D eigenvalue weighted by molar-refractivity contribution is -0.870. The average Bonchev–Trinajstić information content (AvgIpc) is 3.12. The molecular formula is C44H81NO8P+. The van der Waals surface area contributed by atoms with Crippen LogP contribution in [0.1, 0.15) is 155 Å².